The van der Waals surface area contributed by atoms with E-state index in [4.69, 9.17) is 10.5 Å². The Morgan fingerprint density at radius 1 is 1.50 bits per heavy atom. The van der Waals surface area contributed by atoms with Gasteiger partial charge in [-0.15, -0.1) is 0 Å². The van der Waals surface area contributed by atoms with Gasteiger partial charge in [-0.25, -0.2) is 4.68 Å². The summed E-state index contributed by atoms with van der Waals surface area (Å²) in [5.74, 6) is 0.615. The second-order valence-electron chi connectivity index (χ2n) is 3.61. The van der Waals surface area contributed by atoms with Crippen molar-refractivity contribution in [3.05, 3.63) is 30.1 Å². The summed E-state index contributed by atoms with van der Waals surface area (Å²) in [6, 6.07) is 4.85. The molecule has 1 heterocycles. The number of nitrogens with two attached hydrogens (primary N) is 1. The Kier molecular flexibility index (Phi) is 3.13. The smallest absolute Gasteiger partial charge is 0.260 e. The van der Waals surface area contributed by atoms with Crippen LogP contribution in [-0.2, 0) is 7.05 Å². The third kappa shape index (κ3) is 2.24. The first-order chi connectivity index (χ1) is 8.61. The van der Waals surface area contributed by atoms with Gasteiger partial charge in [-0.1, -0.05) is 0 Å². The molecule has 0 aliphatic rings. The molecule has 1 aromatic heterocycles. The lowest BCUT2D eigenvalue weighted by Gasteiger charge is -2.08. The Hall–Kier alpha value is -2.57. The highest BCUT2D eigenvalue weighted by Gasteiger charge is 2.12. The number of hydrogen-bond acceptors (Lipinski definition) is 5. The van der Waals surface area contributed by atoms with Gasteiger partial charge in [0.15, 0.2) is 0 Å². The van der Waals surface area contributed by atoms with Crippen molar-refractivity contribution in [2.24, 2.45) is 7.05 Å². The Morgan fingerprint density at radius 3 is 2.83 bits per heavy atom. The minimum atomic E-state index is -0.341. The standard InChI is InChI=1S/C11H13N5O2/c1-16-11(13-6-14-16)15-10(17)8-4-3-7(18-2)5-9(8)12/h3-6H,12H2,1-2H3,(H,13,14,15,17). The van der Waals surface area contributed by atoms with Crippen molar-refractivity contribution in [2.45, 2.75) is 0 Å². The lowest BCUT2D eigenvalue weighted by atomic mass is 10.1. The SMILES string of the molecule is COc1ccc(C(=O)Nc2ncnn2C)c(N)c1. The van der Waals surface area contributed by atoms with E-state index in [1.807, 2.05) is 0 Å². The van der Waals surface area contributed by atoms with Gasteiger partial charge in [0.2, 0.25) is 5.95 Å². The first kappa shape index (κ1) is 11.9. The first-order valence-corrected chi connectivity index (χ1v) is 5.20. The number of anilines is 2. The number of carbonyl (C=O) groups excluding carboxylic acids is 1. The highest BCUT2D eigenvalue weighted by atomic mass is 16.5. The highest BCUT2D eigenvalue weighted by molar-refractivity contribution is 6.07. The summed E-state index contributed by atoms with van der Waals surface area (Å²) in [6.07, 6.45) is 1.35. The van der Waals surface area contributed by atoms with Crippen LogP contribution in [0.15, 0.2) is 24.5 Å². The molecule has 0 aliphatic heterocycles. The molecule has 0 unspecified atom stereocenters. The number of aryl methyl sites for hydroxylation is 1. The third-order valence-corrected chi connectivity index (χ3v) is 2.44. The number of rotatable bonds is 3. The predicted octanol–water partition coefficient (Wildman–Crippen LogP) is 0.658. The lowest BCUT2D eigenvalue weighted by Crippen LogP contribution is -2.17. The van der Waals surface area contributed by atoms with E-state index in [1.165, 1.54) is 18.1 Å². The quantitative estimate of drug-likeness (QED) is 0.777. The van der Waals surface area contributed by atoms with Gasteiger partial charge in [0.25, 0.3) is 5.91 Å². The fourth-order valence-electron chi connectivity index (χ4n) is 1.45. The molecule has 94 valence electrons. The normalized spacial score (nSPS) is 10.1. The van der Waals surface area contributed by atoms with Gasteiger partial charge in [-0.05, 0) is 12.1 Å². The number of nitrogens with one attached hydrogen (secondary N) is 1. The number of amides is 1. The summed E-state index contributed by atoms with van der Waals surface area (Å²) in [7, 11) is 3.22. The van der Waals surface area contributed by atoms with Gasteiger partial charge in [-0.3, -0.25) is 10.1 Å². The molecule has 7 heteroatoms. The molecule has 7 nitrogen and oxygen atoms in total. The largest absolute Gasteiger partial charge is 0.497 e. The minimum Gasteiger partial charge on any atom is -0.497 e. The molecule has 0 aliphatic carbocycles. The average molecular weight is 247 g/mol. The molecule has 0 saturated carbocycles. The molecule has 0 atom stereocenters. The van der Waals surface area contributed by atoms with Crippen LogP contribution in [0.3, 0.4) is 0 Å². The maximum Gasteiger partial charge on any atom is 0.260 e. The molecular weight excluding hydrogens is 234 g/mol. The number of ether oxygens (including phenoxy) is 1. The van der Waals surface area contributed by atoms with Gasteiger partial charge in [0, 0.05) is 18.8 Å². The molecule has 0 fully saturated rings. The maximum atomic E-state index is 12.0. The number of methoxy groups -OCH3 is 1. The third-order valence-electron chi connectivity index (χ3n) is 2.44. The van der Waals surface area contributed by atoms with Gasteiger partial charge in [-0.2, -0.15) is 10.1 Å². The van der Waals surface area contributed by atoms with Crippen LogP contribution >= 0.6 is 0 Å². The van der Waals surface area contributed by atoms with Crippen molar-refractivity contribution in [1.82, 2.24) is 14.8 Å². The van der Waals surface area contributed by atoms with Gasteiger partial charge in [0.05, 0.1) is 12.7 Å². The monoisotopic (exact) mass is 247 g/mol. The van der Waals surface area contributed by atoms with Gasteiger partial charge in [0.1, 0.15) is 12.1 Å². The van der Waals surface area contributed by atoms with Crippen molar-refractivity contribution < 1.29 is 9.53 Å². The van der Waals surface area contributed by atoms with Crippen LogP contribution in [0.2, 0.25) is 0 Å². The zero-order valence-electron chi connectivity index (χ0n) is 10.0. The van der Waals surface area contributed by atoms with E-state index in [0.29, 0.717) is 22.9 Å². The van der Waals surface area contributed by atoms with Crippen LogP contribution in [0.25, 0.3) is 0 Å². The average Bonchev–Trinajstić information content (AvgIpc) is 2.74. The lowest BCUT2D eigenvalue weighted by molar-refractivity contribution is 0.102. The van der Waals surface area contributed by atoms with E-state index in [2.05, 4.69) is 15.4 Å². The maximum absolute atomic E-state index is 12.0. The summed E-state index contributed by atoms with van der Waals surface area (Å²) in [4.78, 5) is 15.9. The molecule has 0 saturated heterocycles. The van der Waals surface area contributed by atoms with Crippen LogP contribution in [0.1, 0.15) is 10.4 Å². The number of benzene rings is 1. The fraction of sp³-hybridized carbons (Fsp3) is 0.182. The van der Waals surface area contributed by atoms with E-state index >= 15 is 0 Å². The van der Waals surface area contributed by atoms with Gasteiger partial charge < -0.3 is 10.5 Å². The molecule has 3 N–H and O–H groups in total. The Balaban J connectivity index is 2.22. The molecule has 18 heavy (non-hydrogen) atoms. The summed E-state index contributed by atoms with van der Waals surface area (Å²) in [5.41, 5.74) is 6.48. The van der Waals surface area contributed by atoms with E-state index in [-0.39, 0.29) is 5.91 Å². The van der Waals surface area contributed by atoms with E-state index in [9.17, 15) is 4.79 Å². The Morgan fingerprint density at radius 2 is 2.28 bits per heavy atom. The zero-order valence-corrected chi connectivity index (χ0v) is 10.0. The van der Waals surface area contributed by atoms with Crippen LogP contribution in [-0.4, -0.2) is 27.8 Å². The molecule has 2 aromatic rings. The second kappa shape index (κ2) is 4.74. The molecule has 0 radical (unpaired) electrons. The predicted molar refractivity (Wildman–Crippen MR) is 66.4 cm³/mol. The number of nitrogen functional groups attached to an aromatic ring is 1. The molecule has 0 spiro atoms. The summed E-state index contributed by atoms with van der Waals surface area (Å²) >= 11 is 0. The molecule has 1 amide bonds. The summed E-state index contributed by atoms with van der Waals surface area (Å²) < 4.78 is 6.47. The van der Waals surface area contributed by atoms with Crippen molar-refractivity contribution >= 4 is 17.5 Å². The number of aromatic nitrogens is 3. The molecule has 1 aromatic carbocycles. The van der Waals surface area contributed by atoms with Crippen molar-refractivity contribution in [3.8, 4) is 5.75 Å². The summed E-state index contributed by atoms with van der Waals surface area (Å²) in [5, 5.41) is 6.47. The van der Waals surface area contributed by atoms with E-state index in [0.717, 1.165) is 0 Å². The van der Waals surface area contributed by atoms with E-state index < -0.39 is 0 Å². The zero-order chi connectivity index (χ0) is 13.1. The number of nitrogens with zero attached hydrogens (tertiary/aromatic N) is 3. The molecule has 0 bridgehead atoms. The fourth-order valence-corrected chi connectivity index (χ4v) is 1.45. The van der Waals surface area contributed by atoms with E-state index in [1.54, 1.807) is 25.2 Å². The van der Waals surface area contributed by atoms with Crippen molar-refractivity contribution in [2.75, 3.05) is 18.2 Å². The number of hydrogen-bond donors (Lipinski definition) is 2. The Bertz CT molecular complexity index is 579. The van der Waals surface area contributed by atoms with Crippen LogP contribution in [0, 0.1) is 0 Å². The topological polar surface area (TPSA) is 95.1 Å². The van der Waals surface area contributed by atoms with Crippen LogP contribution in [0.5, 0.6) is 5.75 Å². The van der Waals surface area contributed by atoms with Crippen LogP contribution < -0.4 is 15.8 Å². The second-order valence-corrected chi connectivity index (χ2v) is 3.61. The first-order valence-electron chi connectivity index (χ1n) is 5.20. The van der Waals surface area contributed by atoms with Gasteiger partial charge >= 0.3 is 0 Å². The Labute approximate surface area is 104 Å². The number of carbonyl (C=O) groups is 1. The van der Waals surface area contributed by atoms with Crippen molar-refractivity contribution in [1.29, 1.82) is 0 Å². The summed E-state index contributed by atoms with van der Waals surface area (Å²) in [6.45, 7) is 0. The van der Waals surface area contributed by atoms with Crippen LogP contribution in [0.4, 0.5) is 11.6 Å². The van der Waals surface area contributed by atoms with Crippen molar-refractivity contribution in [3.63, 3.8) is 0 Å². The highest BCUT2D eigenvalue weighted by Crippen LogP contribution is 2.20. The minimum absolute atomic E-state index is 0.341. The molecular formula is C11H13N5O2. The molecule has 2 rings (SSSR count).